The Kier molecular flexibility index (Phi) is 6.58. The molecular weight excluding hydrogens is 437 g/mol. The van der Waals surface area contributed by atoms with Crippen LogP contribution in [0.2, 0.25) is 0 Å². The number of nitrogens with zero attached hydrogens (tertiary/aromatic N) is 6. The van der Waals surface area contributed by atoms with Gasteiger partial charge in [0.25, 0.3) is 5.91 Å². The summed E-state index contributed by atoms with van der Waals surface area (Å²) in [6, 6.07) is 8.13. The summed E-state index contributed by atoms with van der Waals surface area (Å²) in [5, 5.41) is 10.8. The largest absolute Gasteiger partial charge is 0.328 e. The van der Waals surface area contributed by atoms with Crippen LogP contribution in [-0.2, 0) is 13.0 Å². The van der Waals surface area contributed by atoms with Gasteiger partial charge in [0, 0.05) is 32.7 Å². The lowest BCUT2D eigenvalue weighted by molar-refractivity contribution is 0.102. The van der Waals surface area contributed by atoms with Crippen molar-refractivity contribution in [3.63, 3.8) is 0 Å². The van der Waals surface area contributed by atoms with Gasteiger partial charge < -0.3 is 19.7 Å². The molecule has 0 spiro atoms. The Bertz CT molecular complexity index is 1220. The molecule has 4 rings (SSSR count). The van der Waals surface area contributed by atoms with Crippen molar-refractivity contribution >= 4 is 17.8 Å². The third kappa shape index (κ3) is 4.61. The molecule has 0 fully saturated rings. The number of hydrogen-bond donors (Lipinski definition) is 1. The van der Waals surface area contributed by atoms with Crippen molar-refractivity contribution in [2.45, 2.75) is 39.8 Å². The fourth-order valence-electron chi connectivity index (χ4n) is 3.91. The first-order valence-corrected chi connectivity index (χ1v) is 11.3. The minimum Gasteiger partial charge on any atom is -0.328 e. The maximum absolute atomic E-state index is 14.8. The second-order valence-corrected chi connectivity index (χ2v) is 8.59. The highest BCUT2D eigenvalue weighted by Gasteiger charge is 2.25. The Morgan fingerprint density at radius 1 is 1.24 bits per heavy atom. The van der Waals surface area contributed by atoms with Crippen molar-refractivity contribution in [2.24, 2.45) is 0 Å². The molecule has 3 heterocycles. The Labute approximate surface area is 197 Å². The Morgan fingerprint density at radius 3 is 2.76 bits per heavy atom. The summed E-state index contributed by atoms with van der Waals surface area (Å²) in [7, 11) is 1.74. The molecule has 9 nitrogen and oxygen atoms in total. The topological polar surface area (TPSA) is 96.3 Å². The number of pyridine rings is 1. The fourth-order valence-corrected chi connectivity index (χ4v) is 3.91. The number of halogens is 1. The molecule has 0 radical (unpaired) electrons. The summed E-state index contributed by atoms with van der Waals surface area (Å²) in [4.78, 5) is 33.3. The molecule has 2 aromatic heterocycles. The number of carbonyl (C=O) groups excluding carboxylic acids is 2. The monoisotopic (exact) mass is 465 g/mol. The number of anilines is 1. The highest BCUT2D eigenvalue weighted by atomic mass is 19.1. The highest BCUT2D eigenvalue weighted by molar-refractivity contribution is 6.04. The smallest absolute Gasteiger partial charge is 0.320 e. The summed E-state index contributed by atoms with van der Waals surface area (Å²) in [5.41, 5.74) is 2.03. The number of carbonyl (C=O) groups is 2. The number of hydrogen-bond acceptors (Lipinski definition) is 5. The van der Waals surface area contributed by atoms with E-state index >= 15 is 0 Å². The van der Waals surface area contributed by atoms with Crippen LogP contribution in [0.4, 0.5) is 15.0 Å². The molecule has 0 aliphatic carbocycles. The lowest BCUT2D eigenvalue weighted by Crippen LogP contribution is -2.43. The first-order chi connectivity index (χ1) is 16.3. The van der Waals surface area contributed by atoms with E-state index in [1.807, 2.05) is 25.3 Å². The number of nitrogens with one attached hydrogen (secondary N) is 1. The zero-order chi connectivity index (χ0) is 24.4. The molecule has 0 saturated heterocycles. The molecule has 0 bridgehead atoms. The van der Waals surface area contributed by atoms with Crippen LogP contribution in [0.1, 0.15) is 48.3 Å². The van der Waals surface area contributed by atoms with E-state index < -0.39 is 11.7 Å². The van der Waals surface area contributed by atoms with E-state index in [-0.39, 0.29) is 23.5 Å². The van der Waals surface area contributed by atoms with E-state index in [1.165, 1.54) is 12.1 Å². The van der Waals surface area contributed by atoms with Gasteiger partial charge in [-0.1, -0.05) is 6.07 Å². The van der Waals surface area contributed by atoms with Crippen molar-refractivity contribution in [3.8, 4) is 11.5 Å². The number of urea groups is 1. The van der Waals surface area contributed by atoms with Gasteiger partial charge in [-0.05, 0) is 62.6 Å². The van der Waals surface area contributed by atoms with Crippen LogP contribution < -0.4 is 5.32 Å². The van der Waals surface area contributed by atoms with Crippen molar-refractivity contribution in [1.82, 2.24) is 29.5 Å². The van der Waals surface area contributed by atoms with Gasteiger partial charge in [-0.25, -0.2) is 14.2 Å². The molecule has 3 amide bonds. The molecule has 1 aromatic carbocycles. The van der Waals surface area contributed by atoms with Gasteiger partial charge in [0.15, 0.2) is 5.82 Å². The van der Waals surface area contributed by atoms with Crippen molar-refractivity contribution < 1.29 is 14.0 Å². The number of fused-ring (bicyclic) bond motifs is 1. The van der Waals surface area contributed by atoms with Gasteiger partial charge >= 0.3 is 6.03 Å². The second-order valence-electron chi connectivity index (χ2n) is 8.59. The van der Waals surface area contributed by atoms with Gasteiger partial charge in [-0.2, -0.15) is 0 Å². The van der Waals surface area contributed by atoms with Gasteiger partial charge in [-0.15, -0.1) is 10.2 Å². The second kappa shape index (κ2) is 9.58. The van der Waals surface area contributed by atoms with Crippen molar-refractivity contribution in [3.05, 3.63) is 59.2 Å². The minimum atomic E-state index is -0.607. The molecule has 34 heavy (non-hydrogen) atoms. The van der Waals surface area contributed by atoms with E-state index in [0.717, 1.165) is 11.1 Å². The lowest BCUT2D eigenvalue weighted by Gasteiger charge is -2.32. The van der Waals surface area contributed by atoms with Gasteiger partial charge in [-0.3, -0.25) is 4.79 Å². The highest BCUT2D eigenvalue weighted by Crippen LogP contribution is 2.25. The minimum absolute atomic E-state index is 0.0845. The SMILES string of the molecule is CCN(C)C(=O)N1CCc2cc(F)c(C(=O)Nc3cccc(-c4nncn4C(C)C)n3)cc2C1. The summed E-state index contributed by atoms with van der Waals surface area (Å²) < 4.78 is 16.7. The maximum atomic E-state index is 14.8. The fraction of sp³-hybridized carbons (Fsp3) is 0.375. The van der Waals surface area contributed by atoms with Crippen LogP contribution in [0.3, 0.4) is 0 Å². The van der Waals surface area contributed by atoms with E-state index in [4.69, 9.17) is 0 Å². The third-order valence-electron chi connectivity index (χ3n) is 5.97. The van der Waals surface area contributed by atoms with E-state index in [1.54, 1.807) is 41.4 Å². The molecule has 10 heteroatoms. The molecule has 0 unspecified atom stereocenters. The standard InChI is InChI=1S/C24H28FN7O2/c1-5-30(4)24(34)31-10-9-16-12-19(25)18(11-17(16)13-31)23(33)28-21-8-6-7-20(27-21)22-29-26-14-32(22)15(2)3/h6-8,11-12,14-15H,5,9-10,13H2,1-4H3,(H,27,28,33). The molecule has 1 aliphatic heterocycles. The third-order valence-corrected chi connectivity index (χ3v) is 5.97. The van der Waals surface area contributed by atoms with Crippen LogP contribution >= 0.6 is 0 Å². The van der Waals surface area contributed by atoms with E-state index in [0.29, 0.717) is 37.6 Å². The average Bonchev–Trinajstić information content (AvgIpc) is 3.33. The lowest BCUT2D eigenvalue weighted by atomic mass is 9.96. The Morgan fingerprint density at radius 2 is 2.03 bits per heavy atom. The zero-order valence-electron chi connectivity index (χ0n) is 19.7. The summed E-state index contributed by atoms with van der Waals surface area (Å²) in [6.45, 7) is 7.36. The van der Waals surface area contributed by atoms with Gasteiger partial charge in [0.1, 0.15) is 23.7 Å². The molecule has 0 saturated carbocycles. The number of benzene rings is 1. The number of amides is 3. The molecule has 178 valence electrons. The van der Waals surface area contributed by atoms with Crippen LogP contribution in [0, 0.1) is 5.82 Å². The predicted octanol–water partition coefficient (Wildman–Crippen LogP) is 3.74. The number of aromatic nitrogens is 4. The molecule has 0 atom stereocenters. The van der Waals surface area contributed by atoms with Crippen molar-refractivity contribution in [1.29, 1.82) is 0 Å². The first-order valence-electron chi connectivity index (χ1n) is 11.3. The molecule has 1 N–H and O–H groups in total. The van der Waals surface area contributed by atoms with Gasteiger partial charge in [0.2, 0.25) is 0 Å². The first kappa shape index (κ1) is 23.3. The molecule has 1 aliphatic rings. The zero-order valence-corrected chi connectivity index (χ0v) is 19.7. The van der Waals surface area contributed by atoms with Crippen LogP contribution in [0.25, 0.3) is 11.5 Å². The van der Waals surface area contributed by atoms with Gasteiger partial charge in [0.05, 0.1) is 5.56 Å². The summed E-state index contributed by atoms with van der Waals surface area (Å²) >= 11 is 0. The van der Waals surface area contributed by atoms with Crippen LogP contribution in [-0.4, -0.2) is 61.6 Å². The van der Waals surface area contributed by atoms with E-state index in [2.05, 4.69) is 20.5 Å². The van der Waals surface area contributed by atoms with Crippen molar-refractivity contribution in [2.75, 3.05) is 25.5 Å². The molecule has 3 aromatic rings. The average molecular weight is 466 g/mol. The van der Waals surface area contributed by atoms with Crippen LogP contribution in [0.15, 0.2) is 36.7 Å². The predicted molar refractivity (Wildman–Crippen MR) is 126 cm³/mol. The molecular formula is C24H28FN7O2. The maximum Gasteiger partial charge on any atom is 0.320 e. The van der Waals surface area contributed by atoms with Crippen LogP contribution in [0.5, 0.6) is 0 Å². The summed E-state index contributed by atoms with van der Waals surface area (Å²) in [5.74, 6) is -0.353. The Balaban J connectivity index is 1.56. The Hall–Kier alpha value is -3.82. The number of rotatable bonds is 5. The normalized spacial score (nSPS) is 13.1. The summed E-state index contributed by atoms with van der Waals surface area (Å²) in [6.07, 6.45) is 2.17. The quantitative estimate of drug-likeness (QED) is 0.619. The van der Waals surface area contributed by atoms with E-state index in [9.17, 15) is 14.0 Å².